The van der Waals surface area contributed by atoms with Crippen molar-refractivity contribution in [2.45, 2.75) is 25.2 Å². The van der Waals surface area contributed by atoms with Crippen LogP contribution in [0.4, 0.5) is 27.6 Å². The molecule has 0 amide bonds. The molecule has 0 bridgehead atoms. The molecule has 0 aromatic heterocycles. The Morgan fingerprint density at radius 3 is 2.69 bits per heavy atom. The minimum Gasteiger partial charge on any atom is -0.375 e. The molecular weight excluding hydrogens is 449 g/mol. The summed E-state index contributed by atoms with van der Waals surface area (Å²) in [5.41, 5.74) is 7.00. The van der Waals surface area contributed by atoms with Crippen LogP contribution in [0.15, 0.2) is 41.5 Å². The fourth-order valence-electron chi connectivity index (χ4n) is 3.71. The average Bonchev–Trinajstić information content (AvgIpc) is 3.20. The number of hydrogen-bond acceptors (Lipinski definition) is 4. The number of nitrogens with two attached hydrogens (primary N) is 1. The van der Waals surface area contributed by atoms with Gasteiger partial charge in [-0.3, -0.25) is 10.3 Å². The summed E-state index contributed by atoms with van der Waals surface area (Å²) in [7, 11) is 1.73. The summed E-state index contributed by atoms with van der Waals surface area (Å²) in [6.45, 7) is 0.899. The van der Waals surface area contributed by atoms with Crippen molar-refractivity contribution in [2.24, 2.45) is 10.8 Å². The molecule has 1 heterocycles. The first-order valence-corrected chi connectivity index (χ1v) is 10.1. The number of rotatable bonds is 6. The van der Waals surface area contributed by atoms with Crippen molar-refractivity contribution in [1.82, 2.24) is 10.3 Å². The molecule has 1 fully saturated rings. The number of thiocarbonyl (C=S) groups is 1. The summed E-state index contributed by atoms with van der Waals surface area (Å²) in [5.74, 6) is -1.31. The first-order valence-electron chi connectivity index (χ1n) is 9.74. The van der Waals surface area contributed by atoms with Crippen LogP contribution in [0.1, 0.15) is 23.1 Å². The molecule has 172 valence electrons. The van der Waals surface area contributed by atoms with Crippen LogP contribution in [-0.4, -0.2) is 42.4 Å². The standard InChI is InChI=1S/C21H22F5N5S/c1-30(11-13-4-2-3-5-16(13)21(24,25)26)15-6-7-31(12-15)19-9-17(22)14(8-18(19)23)10-28-29-20(27)32/h2-5,8-10,15H,6-7,11-12H2,1H3,(H3,27,29,32)/b28-10+/t15-/m0/s1. The normalized spacial score (nSPS) is 16.8. The van der Waals surface area contributed by atoms with E-state index in [9.17, 15) is 22.0 Å². The van der Waals surface area contributed by atoms with Crippen molar-refractivity contribution in [3.05, 3.63) is 64.7 Å². The molecular formula is C21H22F5N5S. The molecule has 3 N–H and O–H groups in total. The van der Waals surface area contributed by atoms with Crippen LogP contribution < -0.4 is 16.1 Å². The van der Waals surface area contributed by atoms with Crippen LogP contribution >= 0.6 is 12.2 Å². The van der Waals surface area contributed by atoms with E-state index in [4.69, 9.17) is 5.73 Å². The fourth-order valence-corrected chi connectivity index (χ4v) is 3.76. The predicted molar refractivity (Wildman–Crippen MR) is 117 cm³/mol. The van der Waals surface area contributed by atoms with E-state index in [1.165, 1.54) is 12.1 Å². The van der Waals surface area contributed by atoms with Gasteiger partial charge in [-0.05, 0) is 43.4 Å². The van der Waals surface area contributed by atoms with Crippen molar-refractivity contribution in [2.75, 3.05) is 25.0 Å². The minimum atomic E-state index is -4.44. The molecule has 1 aliphatic heterocycles. The molecule has 0 saturated carbocycles. The molecule has 0 unspecified atom stereocenters. The predicted octanol–water partition coefficient (Wildman–Crippen LogP) is 3.86. The second kappa shape index (κ2) is 9.78. The van der Waals surface area contributed by atoms with Crippen molar-refractivity contribution < 1.29 is 22.0 Å². The molecule has 0 spiro atoms. The Morgan fingerprint density at radius 2 is 2.00 bits per heavy atom. The number of alkyl halides is 3. The van der Waals surface area contributed by atoms with Gasteiger partial charge in [0.2, 0.25) is 0 Å². The molecule has 2 aromatic carbocycles. The first-order chi connectivity index (χ1) is 15.1. The lowest BCUT2D eigenvalue weighted by Gasteiger charge is -2.26. The second-order valence-electron chi connectivity index (χ2n) is 7.52. The summed E-state index contributed by atoms with van der Waals surface area (Å²) < 4.78 is 68.8. The highest BCUT2D eigenvalue weighted by Gasteiger charge is 2.34. The molecule has 0 radical (unpaired) electrons. The van der Waals surface area contributed by atoms with E-state index in [0.29, 0.717) is 19.5 Å². The van der Waals surface area contributed by atoms with Crippen LogP contribution in [0.5, 0.6) is 0 Å². The Labute approximate surface area is 187 Å². The lowest BCUT2D eigenvalue weighted by Crippen LogP contribution is -2.35. The van der Waals surface area contributed by atoms with Gasteiger partial charge in [0.1, 0.15) is 11.6 Å². The van der Waals surface area contributed by atoms with Crippen LogP contribution in [0.3, 0.4) is 0 Å². The van der Waals surface area contributed by atoms with Crippen LogP contribution in [0.2, 0.25) is 0 Å². The van der Waals surface area contributed by atoms with Gasteiger partial charge in [0.05, 0.1) is 17.5 Å². The molecule has 1 atom stereocenters. The third-order valence-electron chi connectivity index (χ3n) is 5.31. The maximum absolute atomic E-state index is 14.6. The lowest BCUT2D eigenvalue weighted by atomic mass is 10.1. The van der Waals surface area contributed by atoms with Gasteiger partial charge in [-0.1, -0.05) is 18.2 Å². The number of benzene rings is 2. The van der Waals surface area contributed by atoms with E-state index in [2.05, 4.69) is 22.7 Å². The smallest absolute Gasteiger partial charge is 0.375 e. The number of hydrazone groups is 1. The van der Waals surface area contributed by atoms with E-state index in [0.717, 1.165) is 24.4 Å². The van der Waals surface area contributed by atoms with Gasteiger partial charge < -0.3 is 10.6 Å². The van der Waals surface area contributed by atoms with Gasteiger partial charge in [0.15, 0.2) is 5.11 Å². The summed E-state index contributed by atoms with van der Waals surface area (Å²) >= 11 is 4.58. The SMILES string of the molecule is CN(Cc1ccccc1C(F)(F)F)[C@H]1CCN(c2cc(F)c(/C=N/NC(N)=S)cc2F)C1. The molecule has 5 nitrogen and oxygen atoms in total. The van der Waals surface area contributed by atoms with Crippen LogP contribution in [-0.2, 0) is 12.7 Å². The van der Waals surface area contributed by atoms with Crippen molar-refractivity contribution in [3.63, 3.8) is 0 Å². The maximum Gasteiger partial charge on any atom is 0.416 e. The number of anilines is 1. The van der Waals surface area contributed by atoms with Gasteiger partial charge in [0.25, 0.3) is 0 Å². The molecule has 1 saturated heterocycles. The van der Waals surface area contributed by atoms with E-state index in [1.807, 2.05) is 0 Å². The minimum absolute atomic E-state index is 0.0772. The lowest BCUT2D eigenvalue weighted by molar-refractivity contribution is -0.138. The quantitative estimate of drug-likeness (QED) is 0.290. The Bertz CT molecular complexity index is 1010. The monoisotopic (exact) mass is 471 g/mol. The zero-order valence-corrected chi connectivity index (χ0v) is 18.0. The molecule has 2 aromatic rings. The topological polar surface area (TPSA) is 56.9 Å². The maximum atomic E-state index is 14.6. The van der Waals surface area contributed by atoms with Gasteiger partial charge in [-0.15, -0.1) is 0 Å². The van der Waals surface area contributed by atoms with Crippen molar-refractivity contribution in [1.29, 1.82) is 0 Å². The third-order valence-corrected chi connectivity index (χ3v) is 5.41. The largest absolute Gasteiger partial charge is 0.416 e. The van der Waals surface area contributed by atoms with E-state index >= 15 is 0 Å². The molecule has 3 rings (SSSR count). The van der Waals surface area contributed by atoms with Crippen molar-refractivity contribution >= 4 is 29.2 Å². The van der Waals surface area contributed by atoms with Gasteiger partial charge in [0, 0.05) is 37.3 Å². The number of hydrogen-bond donors (Lipinski definition) is 2. The number of nitrogens with one attached hydrogen (secondary N) is 1. The van der Waals surface area contributed by atoms with Gasteiger partial charge in [-0.25, -0.2) is 8.78 Å². The fraction of sp³-hybridized carbons (Fsp3) is 0.333. The van der Waals surface area contributed by atoms with Crippen molar-refractivity contribution in [3.8, 4) is 0 Å². The van der Waals surface area contributed by atoms with Crippen LogP contribution in [0.25, 0.3) is 0 Å². The summed E-state index contributed by atoms with van der Waals surface area (Å²) in [6, 6.07) is 7.42. The van der Waals surface area contributed by atoms with Crippen LogP contribution in [0, 0.1) is 11.6 Å². The molecule has 32 heavy (non-hydrogen) atoms. The molecule has 11 heteroatoms. The number of halogens is 5. The molecule has 1 aliphatic rings. The zero-order chi connectivity index (χ0) is 23.5. The first kappa shape index (κ1) is 23.9. The second-order valence-corrected chi connectivity index (χ2v) is 7.96. The Kier molecular flexibility index (Phi) is 7.29. The summed E-state index contributed by atoms with van der Waals surface area (Å²) in [4.78, 5) is 3.49. The highest BCUT2D eigenvalue weighted by atomic mass is 32.1. The highest BCUT2D eigenvalue weighted by Crippen LogP contribution is 2.33. The Balaban J connectivity index is 1.70. The Hall–Kier alpha value is -2.79. The summed E-state index contributed by atoms with van der Waals surface area (Å²) in [5, 5.41) is 3.51. The van der Waals surface area contributed by atoms with Gasteiger partial charge >= 0.3 is 6.18 Å². The van der Waals surface area contributed by atoms with E-state index in [-0.39, 0.29) is 34.5 Å². The van der Waals surface area contributed by atoms with E-state index in [1.54, 1.807) is 22.9 Å². The number of nitrogens with zero attached hydrogens (tertiary/aromatic N) is 3. The summed E-state index contributed by atoms with van der Waals surface area (Å²) in [6.07, 6.45) is -2.76. The molecule has 0 aliphatic carbocycles. The number of likely N-dealkylation sites (N-methyl/N-ethyl adjacent to an activating group) is 1. The highest BCUT2D eigenvalue weighted by molar-refractivity contribution is 7.80. The van der Waals surface area contributed by atoms with Gasteiger partial charge in [-0.2, -0.15) is 18.3 Å². The average molecular weight is 471 g/mol. The zero-order valence-electron chi connectivity index (χ0n) is 17.2. The Morgan fingerprint density at radius 1 is 1.28 bits per heavy atom. The third kappa shape index (κ3) is 5.71. The van der Waals surface area contributed by atoms with E-state index < -0.39 is 23.4 Å².